The Balaban J connectivity index is 1.61. The lowest BCUT2D eigenvalue weighted by Crippen LogP contribution is -2.28. The number of nitrogens with one attached hydrogen (secondary N) is 3. The van der Waals surface area contributed by atoms with Crippen molar-refractivity contribution in [1.29, 1.82) is 0 Å². The first-order chi connectivity index (χ1) is 14.3. The lowest BCUT2D eigenvalue weighted by atomic mass is 10.0. The van der Waals surface area contributed by atoms with Crippen molar-refractivity contribution in [3.8, 4) is 0 Å². The number of rotatable bonds is 7. The van der Waals surface area contributed by atoms with Crippen molar-refractivity contribution < 1.29 is 13.2 Å². The molecule has 2 amide bonds. The number of hydrogen-bond donors (Lipinski definition) is 3. The maximum absolute atomic E-state index is 12.7. The van der Waals surface area contributed by atoms with E-state index >= 15 is 0 Å². The van der Waals surface area contributed by atoms with E-state index in [1.165, 1.54) is 12.1 Å². The summed E-state index contributed by atoms with van der Waals surface area (Å²) in [5.41, 5.74) is 2.92. The SMILES string of the molecule is CC(C)c1cccc(NS(=O)(=O)c2ccc(NC(=O)NCc3cccnc3)cc2)c1. The van der Waals surface area contributed by atoms with E-state index in [2.05, 4.69) is 20.3 Å². The third-order valence-electron chi connectivity index (χ3n) is 4.40. The Bertz CT molecular complexity index is 1100. The molecule has 1 heterocycles. The van der Waals surface area contributed by atoms with Crippen molar-refractivity contribution in [2.24, 2.45) is 0 Å². The van der Waals surface area contributed by atoms with Gasteiger partial charge in [-0.2, -0.15) is 0 Å². The van der Waals surface area contributed by atoms with Crippen LogP contribution >= 0.6 is 0 Å². The number of carbonyl (C=O) groups excluding carboxylic acids is 1. The predicted molar refractivity (Wildman–Crippen MR) is 118 cm³/mol. The van der Waals surface area contributed by atoms with E-state index in [1.54, 1.807) is 36.7 Å². The van der Waals surface area contributed by atoms with Crippen LogP contribution in [0, 0.1) is 0 Å². The fraction of sp³-hybridized carbons (Fsp3) is 0.182. The van der Waals surface area contributed by atoms with Crippen LogP contribution in [0.4, 0.5) is 16.2 Å². The molecule has 0 saturated carbocycles. The summed E-state index contributed by atoms with van der Waals surface area (Å²) in [6, 6.07) is 16.6. The molecule has 0 bridgehead atoms. The van der Waals surface area contributed by atoms with Gasteiger partial charge in [0, 0.05) is 30.3 Å². The van der Waals surface area contributed by atoms with Gasteiger partial charge in [-0.15, -0.1) is 0 Å². The van der Waals surface area contributed by atoms with Gasteiger partial charge >= 0.3 is 6.03 Å². The summed E-state index contributed by atoms with van der Waals surface area (Å²) in [5, 5.41) is 5.39. The highest BCUT2D eigenvalue weighted by Crippen LogP contribution is 2.22. The number of urea groups is 1. The van der Waals surface area contributed by atoms with E-state index in [0.29, 0.717) is 23.8 Å². The summed E-state index contributed by atoms with van der Waals surface area (Å²) in [6.07, 6.45) is 3.33. The Morgan fingerprint density at radius 3 is 2.43 bits per heavy atom. The molecule has 3 aromatic rings. The first kappa shape index (κ1) is 21.3. The summed E-state index contributed by atoms with van der Waals surface area (Å²) in [6.45, 7) is 4.43. The second kappa shape index (κ2) is 9.41. The molecule has 0 atom stereocenters. The quantitative estimate of drug-likeness (QED) is 0.526. The van der Waals surface area contributed by atoms with Gasteiger partial charge in [0.15, 0.2) is 0 Å². The Kier molecular flexibility index (Phi) is 6.68. The summed E-state index contributed by atoms with van der Waals surface area (Å²) < 4.78 is 27.9. The molecule has 7 nitrogen and oxygen atoms in total. The molecule has 3 N–H and O–H groups in total. The summed E-state index contributed by atoms with van der Waals surface area (Å²) in [4.78, 5) is 16.1. The smallest absolute Gasteiger partial charge is 0.319 e. The standard InChI is InChI=1S/C22H24N4O3S/c1-16(2)18-6-3-7-20(13-18)26-30(28,29)21-10-8-19(9-11-21)25-22(27)24-15-17-5-4-12-23-14-17/h3-14,16,26H,15H2,1-2H3,(H2,24,25,27). The van der Waals surface area contributed by atoms with Crippen molar-refractivity contribution in [2.75, 3.05) is 10.0 Å². The van der Waals surface area contributed by atoms with Gasteiger partial charge in [-0.3, -0.25) is 9.71 Å². The van der Waals surface area contributed by atoms with Crippen molar-refractivity contribution in [2.45, 2.75) is 31.2 Å². The first-order valence-electron chi connectivity index (χ1n) is 9.50. The lowest BCUT2D eigenvalue weighted by Gasteiger charge is -2.12. The molecule has 0 aliphatic rings. The average Bonchev–Trinajstić information content (AvgIpc) is 2.73. The predicted octanol–water partition coefficient (Wildman–Crippen LogP) is 4.33. The van der Waals surface area contributed by atoms with Gasteiger partial charge in [0.05, 0.1) is 4.90 Å². The molecule has 0 aliphatic carbocycles. The highest BCUT2D eigenvalue weighted by Gasteiger charge is 2.15. The van der Waals surface area contributed by atoms with Crippen molar-refractivity contribution in [3.63, 3.8) is 0 Å². The molecule has 0 aliphatic heterocycles. The highest BCUT2D eigenvalue weighted by atomic mass is 32.2. The van der Waals surface area contributed by atoms with Gasteiger partial charge in [-0.1, -0.05) is 32.0 Å². The number of benzene rings is 2. The van der Waals surface area contributed by atoms with Gasteiger partial charge in [0.2, 0.25) is 0 Å². The summed E-state index contributed by atoms with van der Waals surface area (Å²) in [7, 11) is -3.73. The second-order valence-electron chi connectivity index (χ2n) is 7.08. The van der Waals surface area contributed by atoms with Crippen molar-refractivity contribution in [3.05, 3.63) is 84.2 Å². The molecule has 2 aromatic carbocycles. The molecule has 0 fully saturated rings. The van der Waals surface area contributed by atoms with Crippen LogP contribution in [-0.4, -0.2) is 19.4 Å². The minimum absolute atomic E-state index is 0.110. The van der Waals surface area contributed by atoms with Crippen LogP contribution < -0.4 is 15.4 Å². The normalized spacial score (nSPS) is 11.2. The van der Waals surface area contributed by atoms with E-state index in [9.17, 15) is 13.2 Å². The third-order valence-corrected chi connectivity index (χ3v) is 5.80. The van der Waals surface area contributed by atoms with Gasteiger partial charge < -0.3 is 10.6 Å². The van der Waals surface area contributed by atoms with E-state index in [0.717, 1.165) is 11.1 Å². The molecule has 0 spiro atoms. The monoisotopic (exact) mass is 424 g/mol. The van der Waals surface area contributed by atoms with Crippen LogP contribution in [0.2, 0.25) is 0 Å². The maximum Gasteiger partial charge on any atom is 0.319 e. The van der Waals surface area contributed by atoms with Crippen LogP contribution in [0.25, 0.3) is 0 Å². The molecule has 3 rings (SSSR count). The molecular weight excluding hydrogens is 400 g/mol. The van der Waals surface area contributed by atoms with Crippen molar-refractivity contribution in [1.82, 2.24) is 10.3 Å². The van der Waals surface area contributed by atoms with Crippen LogP contribution in [0.15, 0.2) is 78.0 Å². The Morgan fingerprint density at radius 2 is 1.77 bits per heavy atom. The molecule has 0 radical (unpaired) electrons. The molecular formula is C22H24N4O3S. The zero-order chi connectivity index (χ0) is 21.6. The fourth-order valence-electron chi connectivity index (χ4n) is 2.75. The largest absolute Gasteiger partial charge is 0.334 e. The van der Waals surface area contributed by atoms with Crippen molar-refractivity contribution >= 4 is 27.4 Å². The number of anilines is 2. The summed E-state index contributed by atoms with van der Waals surface area (Å²) >= 11 is 0. The van der Waals surface area contributed by atoms with E-state index in [4.69, 9.17) is 0 Å². The fourth-order valence-corrected chi connectivity index (χ4v) is 3.80. The van der Waals surface area contributed by atoms with Crippen LogP contribution in [-0.2, 0) is 16.6 Å². The molecule has 0 unspecified atom stereocenters. The van der Waals surface area contributed by atoms with Crippen LogP contribution in [0.5, 0.6) is 0 Å². The van der Waals surface area contributed by atoms with Gasteiger partial charge in [0.25, 0.3) is 10.0 Å². The van der Waals surface area contributed by atoms with Gasteiger partial charge in [-0.25, -0.2) is 13.2 Å². The second-order valence-corrected chi connectivity index (χ2v) is 8.76. The first-order valence-corrected chi connectivity index (χ1v) is 11.0. The lowest BCUT2D eigenvalue weighted by molar-refractivity contribution is 0.251. The van der Waals surface area contributed by atoms with Gasteiger partial charge in [0.1, 0.15) is 0 Å². The third kappa shape index (κ3) is 5.81. The number of amides is 2. The number of sulfonamides is 1. The Labute approximate surface area is 176 Å². The molecule has 1 aromatic heterocycles. The topological polar surface area (TPSA) is 100 Å². The molecule has 156 valence electrons. The van der Waals surface area contributed by atoms with E-state index < -0.39 is 16.1 Å². The van der Waals surface area contributed by atoms with Crippen LogP contribution in [0.3, 0.4) is 0 Å². The van der Waals surface area contributed by atoms with E-state index in [-0.39, 0.29) is 4.90 Å². The number of nitrogens with zero attached hydrogens (tertiary/aromatic N) is 1. The van der Waals surface area contributed by atoms with Crippen LogP contribution in [0.1, 0.15) is 30.9 Å². The molecule has 30 heavy (non-hydrogen) atoms. The van der Waals surface area contributed by atoms with Gasteiger partial charge in [-0.05, 0) is 59.5 Å². The Hall–Kier alpha value is -3.39. The molecule has 0 saturated heterocycles. The van der Waals surface area contributed by atoms with E-state index in [1.807, 2.05) is 38.1 Å². The minimum Gasteiger partial charge on any atom is -0.334 e. The minimum atomic E-state index is -3.73. The average molecular weight is 425 g/mol. The Morgan fingerprint density at radius 1 is 1.00 bits per heavy atom. The number of aromatic nitrogens is 1. The zero-order valence-electron chi connectivity index (χ0n) is 16.8. The number of hydrogen-bond acceptors (Lipinski definition) is 4. The zero-order valence-corrected chi connectivity index (χ0v) is 17.6. The maximum atomic E-state index is 12.7. The number of pyridine rings is 1. The number of carbonyl (C=O) groups is 1. The highest BCUT2D eigenvalue weighted by molar-refractivity contribution is 7.92. The molecule has 8 heteroatoms. The summed E-state index contributed by atoms with van der Waals surface area (Å²) in [5.74, 6) is 0.295.